The number of fused-ring (bicyclic) bond motifs is 16. The molecule has 4 aliphatic carbocycles. The molecule has 10 aromatic rings. The van der Waals surface area contributed by atoms with E-state index in [2.05, 4.69) is 200 Å². The lowest BCUT2D eigenvalue weighted by atomic mass is 9.72. The largest absolute Gasteiger partial charge is 0.455 e. The van der Waals surface area contributed by atoms with E-state index in [9.17, 15) is 0 Å². The molecule has 0 fully saturated rings. The summed E-state index contributed by atoms with van der Waals surface area (Å²) in [6, 6.07) is 51.0. The highest BCUT2D eigenvalue weighted by atomic mass is 16.3. The zero-order valence-electron chi connectivity index (χ0n) is 36.4. The lowest BCUT2D eigenvalue weighted by molar-refractivity contribution is 0.410. The van der Waals surface area contributed by atoms with Crippen LogP contribution in [-0.4, -0.2) is 4.57 Å². The molecule has 14 rings (SSSR count). The van der Waals surface area contributed by atoms with Crippen LogP contribution < -0.4 is 0 Å². The first-order chi connectivity index (χ1) is 32.0. The highest BCUT2D eigenvalue weighted by molar-refractivity contribution is 6.24. The van der Waals surface area contributed by atoms with Crippen molar-refractivity contribution in [3.63, 3.8) is 0 Å². The van der Waals surface area contributed by atoms with E-state index in [1.807, 2.05) is 6.07 Å². The summed E-state index contributed by atoms with van der Waals surface area (Å²) < 4.78 is 15.8. The van der Waals surface area contributed by atoms with Crippen LogP contribution in [0.15, 0.2) is 208 Å². The molecule has 310 valence electrons. The second-order valence-corrected chi connectivity index (χ2v) is 19.2. The second-order valence-electron chi connectivity index (χ2n) is 19.2. The summed E-state index contributed by atoms with van der Waals surface area (Å²) in [7, 11) is 0. The van der Waals surface area contributed by atoms with Crippen LogP contribution in [0, 0.1) is 11.8 Å². The van der Waals surface area contributed by atoms with Gasteiger partial charge >= 0.3 is 0 Å². The Kier molecular flexibility index (Phi) is 7.78. The quantitative estimate of drug-likeness (QED) is 0.166. The fraction of sp³-hybridized carbons (Fsp3) is 0.145. The normalized spacial score (nSPS) is 19.8. The second kappa shape index (κ2) is 13.7. The van der Waals surface area contributed by atoms with Crippen LogP contribution in [0.1, 0.15) is 61.3 Å². The summed E-state index contributed by atoms with van der Waals surface area (Å²) in [5.41, 5.74) is 22.8. The topological polar surface area (TPSA) is 31.2 Å². The molecule has 0 radical (unpaired) electrons. The van der Waals surface area contributed by atoms with Crippen LogP contribution >= 0.6 is 0 Å². The third-order valence-corrected chi connectivity index (χ3v) is 15.4. The summed E-state index contributed by atoms with van der Waals surface area (Å²) in [4.78, 5) is 0. The van der Waals surface area contributed by atoms with Gasteiger partial charge in [-0.2, -0.15) is 0 Å². The van der Waals surface area contributed by atoms with E-state index < -0.39 is 0 Å². The van der Waals surface area contributed by atoms with E-state index in [0.29, 0.717) is 17.8 Å². The molecule has 2 bridgehead atoms. The standard InChI is InChI=1S/C62H45NO2/c1-62(2)52-18-8-5-14-45(52)46-30-26-42(36-53(46)62)44-29-25-38-23-22-37(24-28-43(38)40-12-3-4-13-41(44)34-40)39-27-32-54-51(35-39)59-55(33-31-50-48-16-7-10-21-58(48)65-61(50)59)63(54)56-19-11-17-49-47-15-6-9-20-57(47)64-60(49)56/h3-23,26-28,30-33,35-36,40-41,44H,25,29,34H2,1-2H3. The van der Waals surface area contributed by atoms with Crippen LogP contribution in [-0.2, 0) is 5.41 Å². The summed E-state index contributed by atoms with van der Waals surface area (Å²) in [6.07, 6.45) is 19.7. The number of aromatic nitrogens is 1. The Bertz CT molecular complexity index is 3900. The molecule has 0 aliphatic heterocycles. The Morgan fingerprint density at radius 3 is 2.23 bits per heavy atom. The molecule has 0 amide bonds. The van der Waals surface area contributed by atoms with Gasteiger partial charge in [0, 0.05) is 43.8 Å². The average molecular weight is 836 g/mol. The van der Waals surface area contributed by atoms with Gasteiger partial charge in [0.2, 0.25) is 0 Å². The van der Waals surface area contributed by atoms with Crippen molar-refractivity contribution in [2.24, 2.45) is 11.8 Å². The number of hydrogen-bond acceptors (Lipinski definition) is 2. The van der Waals surface area contributed by atoms with E-state index in [1.54, 1.807) is 0 Å². The molecule has 0 N–H and O–H groups in total. The predicted octanol–water partition coefficient (Wildman–Crippen LogP) is 16.6. The molecule has 0 saturated heterocycles. The average Bonchev–Trinajstić information content (AvgIpc) is 3.94. The van der Waals surface area contributed by atoms with E-state index in [4.69, 9.17) is 8.83 Å². The number of rotatable bonds is 3. The molecule has 65 heavy (non-hydrogen) atoms. The maximum Gasteiger partial charge on any atom is 0.159 e. The monoisotopic (exact) mass is 835 g/mol. The van der Waals surface area contributed by atoms with Gasteiger partial charge in [-0.1, -0.05) is 141 Å². The zero-order chi connectivity index (χ0) is 43.0. The number of nitrogens with zero attached hydrogens (tertiary/aromatic N) is 1. The summed E-state index contributed by atoms with van der Waals surface area (Å²) >= 11 is 0. The lowest BCUT2D eigenvalue weighted by Crippen LogP contribution is -2.20. The molecule has 3 unspecified atom stereocenters. The van der Waals surface area contributed by atoms with Crippen LogP contribution in [0.2, 0.25) is 0 Å². The minimum absolute atomic E-state index is 0.0158. The Hall–Kier alpha value is -7.58. The van der Waals surface area contributed by atoms with E-state index in [1.165, 1.54) is 39.0 Å². The molecule has 0 saturated carbocycles. The van der Waals surface area contributed by atoms with Crippen LogP contribution in [0.5, 0.6) is 0 Å². The Morgan fingerprint density at radius 2 is 1.35 bits per heavy atom. The minimum Gasteiger partial charge on any atom is -0.455 e. The Labute approximate surface area is 377 Å². The summed E-state index contributed by atoms with van der Waals surface area (Å²) in [5.74, 6) is 1.18. The molecule has 3 aromatic heterocycles. The van der Waals surface area contributed by atoms with Crippen LogP contribution in [0.3, 0.4) is 0 Å². The van der Waals surface area contributed by atoms with Crippen molar-refractivity contribution in [2.45, 2.75) is 44.4 Å². The number of allylic oxidation sites excluding steroid dienone is 9. The first-order valence-electron chi connectivity index (χ1n) is 23.2. The number of furan rings is 2. The Balaban J connectivity index is 0.883. The zero-order valence-corrected chi connectivity index (χ0v) is 36.4. The lowest BCUT2D eigenvalue weighted by Gasteiger charge is -2.32. The van der Waals surface area contributed by atoms with Crippen molar-refractivity contribution in [3.8, 4) is 16.8 Å². The molecule has 7 aromatic carbocycles. The first-order valence-corrected chi connectivity index (χ1v) is 23.2. The maximum atomic E-state index is 6.79. The van der Waals surface area contributed by atoms with Crippen molar-refractivity contribution in [2.75, 3.05) is 0 Å². The predicted molar refractivity (Wildman–Crippen MR) is 269 cm³/mol. The molecule has 3 nitrogen and oxygen atoms in total. The van der Waals surface area contributed by atoms with Gasteiger partial charge in [-0.05, 0) is 130 Å². The number of benzene rings is 7. The molecule has 3 heteroatoms. The smallest absolute Gasteiger partial charge is 0.159 e. The summed E-state index contributed by atoms with van der Waals surface area (Å²) in [5, 5.41) is 6.71. The highest BCUT2D eigenvalue weighted by Gasteiger charge is 2.37. The Morgan fingerprint density at radius 1 is 0.615 bits per heavy atom. The maximum absolute atomic E-state index is 6.79. The number of hydrogen-bond donors (Lipinski definition) is 0. The first kappa shape index (κ1) is 36.9. The van der Waals surface area contributed by atoms with E-state index in [0.717, 1.165) is 102 Å². The van der Waals surface area contributed by atoms with Gasteiger partial charge in [0.25, 0.3) is 0 Å². The molecule has 3 heterocycles. The van der Waals surface area contributed by atoms with Crippen LogP contribution in [0.25, 0.3) is 88.1 Å². The minimum atomic E-state index is -0.0158. The van der Waals surface area contributed by atoms with Gasteiger partial charge in [0.15, 0.2) is 5.58 Å². The van der Waals surface area contributed by atoms with Gasteiger partial charge in [-0.15, -0.1) is 5.73 Å². The van der Waals surface area contributed by atoms with Crippen molar-refractivity contribution >= 4 is 71.3 Å². The van der Waals surface area contributed by atoms with Gasteiger partial charge in [-0.3, -0.25) is 0 Å². The molecular weight excluding hydrogens is 791 g/mol. The van der Waals surface area contributed by atoms with Gasteiger partial charge in [-0.25, -0.2) is 0 Å². The number of para-hydroxylation sites is 3. The van der Waals surface area contributed by atoms with Gasteiger partial charge in [0.1, 0.15) is 16.7 Å². The van der Waals surface area contributed by atoms with E-state index >= 15 is 0 Å². The van der Waals surface area contributed by atoms with Gasteiger partial charge in [0.05, 0.1) is 22.1 Å². The van der Waals surface area contributed by atoms with Crippen molar-refractivity contribution < 1.29 is 8.83 Å². The summed E-state index contributed by atoms with van der Waals surface area (Å²) in [6.45, 7) is 4.79. The van der Waals surface area contributed by atoms with Crippen LogP contribution in [0.4, 0.5) is 0 Å². The third kappa shape index (κ3) is 5.37. The van der Waals surface area contributed by atoms with Gasteiger partial charge < -0.3 is 13.4 Å². The highest BCUT2D eigenvalue weighted by Crippen LogP contribution is 2.51. The molecule has 4 aliphatic rings. The van der Waals surface area contributed by atoms with E-state index in [-0.39, 0.29) is 5.41 Å². The molecule has 3 atom stereocenters. The van der Waals surface area contributed by atoms with Crippen molar-refractivity contribution in [3.05, 3.63) is 221 Å². The molecular formula is C62H45NO2. The SMILES string of the molecule is CC1(C)c2ccccc2-c2ccc(C3CCC4=C(C=C=C(c5ccc6c(c5)c5c7oc8ccccc8c7ccc5n6-c5cccc6c5oc5ccccc56)C=C4)C4C=CC=CC3C4)cc21. The third-order valence-electron chi connectivity index (χ3n) is 15.4. The van der Waals surface area contributed by atoms with Crippen molar-refractivity contribution in [1.29, 1.82) is 0 Å². The fourth-order valence-electron chi connectivity index (χ4n) is 12.2. The van der Waals surface area contributed by atoms with Crippen molar-refractivity contribution in [1.82, 2.24) is 4.57 Å². The fourth-order valence-corrected chi connectivity index (χ4v) is 12.2. The molecule has 0 spiro atoms.